The Morgan fingerprint density at radius 1 is 1.22 bits per heavy atom. The molecule has 2 rings (SSSR count). The first-order valence-electron chi connectivity index (χ1n) is 5.21. The third-order valence-electron chi connectivity index (χ3n) is 2.29. The second-order valence-corrected chi connectivity index (χ2v) is 3.78. The van der Waals surface area contributed by atoms with E-state index in [0.717, 1.165) is 12.1 Å². The number of phenols is 1. The summed E-state index contributed by atoms with van der Waals surface area (Å²) in [6.45, 7) is 0. The first-order valence-corrected chi connectivity index (χ1v) is 5.21. The van der Waals surface area contributed by atoms with Crippen LogP contribution in [0.3, 0.4) is 0 Å². The Hall–Kier alpha value is -2.56. The van der Waals surface area contributed by atoms with Crippen molar-refractivity contribution < 1.29 is 14.3 Å². The summed E-state index contributed by atoms with van der Waals surface area (Å²) in [7, 11) is 0. The van der Waals surface area contributed by atoms with Gasteiger partial charge in [0.1, 0.15) is 11.6 Å². The molecule has 0 aliphatic carbocycles. The molecule has 0 unspecified atom stereocenters. The van der Waals surface area contributed by atoms with Gasteiger partial charge in [-0.3, -0.25) is 4.79 Å². The van der Waals surface area contributed by atoms with Crippen molar-refractivity contribution in [1.82, 2.24) is 0 Å². The third kappa shape index (κ3) is 2.76. The highest BCUT2D eigenvalue weighted by molar-refractivity contribution is 6.04. The molecule has 2 aromatic rings. The number of anilines is 2. The van der Waals surface area contributed by atoms with Gasteiger partial charge in [0, 0.05) is 16.9 Å². The average molecular weight is 246 g/mol. The number of benzene rings is 2. The SMILES string of the molecule is Nc1cc(F)cc(NC(=O)c2cccc(O)c2)c1. The molecular weight excluding hydrogens is 235 g/mol. The number of aromatic hydroxyl groups is 1. The van der Waals surface area contributed by atoms with E-state index < -0.39 is 11.7 Å². The molecule has 0 fully saturated rings. The van der Waals surface area contributed by atoms with Crippen LogP contribution in [0.2, 0.25) is 0 Å². The third-order valence-corrected chi connectivity index (χ3v) is 2.29. The Balaban J connectivity index is 2.21. The molecule has 0 radical (unpaired) electrons. The zero-order valence-electron chi connectivity index (χ0n) is 9.35. The number of halogens is 1. The minimum Gasteiger partial charge on any atom is -0.508 e. The summed E-state index contributed by atoms with van der Waals surface area (Å²) in [5.74, 6) is -0.987. The van der Waals surface area contributed by atoms with Crippen LogP contribution in [0.25, 0.3) is 0 Å². The Kier molecular flexibility index (Phi) is 3.14. The van der Waals surface area contributed by atoms with Crippen molar-refractivity contribution in [1.29, 1.82) is 0 Å². The molecule has 0 aliphatic rings. The van der Waals surface area contributed by atoms with Gasteiger partial charge in [-0.15, -0.1) is 0 Å². The van der Waals surface area contributed by atoms with E-state index in [1.807, 2.05) is 0 Å². The topological polar surface area (TPSA) is 75.3 Å². The number of carbonyl (C=O) groups excluding carboxylic acids is 1. The van der Waals surface area contributed by atoms with Crippen LogP contribution in [0, 0.1) is 5.82 Å². The van der Waals surface area contributed by atoms with Gasteiger partial charge in [0.05, 0.1) is 0 Å². The summed E-state index contributed by atoms with van der Waals surface area (Å²) in [5.41, 5.74) is 6.23. The lowest BCUT2D eigenvalue weighted by atomic mass is 10.2. The number of hydrogen-bond donors (Lipinski definition) is 3. The molecule has 2 aromatic carbocycles. The molecule has 1 amide bonds. The van der Waals surface area contributed by atoms with Crippen LogP contribution < -0.4 is 11.1 Å². The van der Waals surface area contributed by atoms with Crippen LogP contribution in [0.4, 0.5) is 15.8 Å². The molecule has 0 heterocycles. The Labute approximate surface area is 103 Å². The Bertz CT molecular complexity index is 579. The molecular formula is C13H11FN2O2. The molecule has 0 saturated heterocycles. The number of nitrogen functional groups attached to an aromatic ring is 1. The summed E-state index contributed by atoms with van der Waals surface area (Å²) in [6, 6.07) is 9.63. The van der Waals surface area contributed by atoms with E-state index >= 15 is 0 Å². The molecule has 0 atom stereocenters. The standard InChI is InChI=1S/C13H11FN2O2/c14-9-5-10(15)7-11(6-9)16-13(18)8-2-1-3-12(17)4-8/h1-7,17H,15H2,(H,16,18). The van der Waals surface area contributed by atoms with Crippen molar-refractivity contribution in [2.75, 3.05) is 11.1 Å². The van der Waals surface area contributed by atoms with E-state index in [0.29, 0.717) is 0 Å². The van der Waals surface area contributed by atoms with E-state index in [9.17, 15) is 14.3 Å². The summed E-state index contributed by atoms with van der Waals surface area (Å²) < 4.78 is 13.1. The molecule has 4 nitrogen and oxygen atoms in total. The minimum absolute atomic E-state index is 0.0126. The van der Waals surface area contributed by atoms with Gasteiger partial charge >= 0.3 is 0 Å². The number of hydrogen-bond acceptors (Lipinski definition) is 3. The van der Waals surface area contributed by atoms with E-state index in [1.165, 1.54) is 24.3 Å². The van der Waals surface area contributed by atoms with Crippen LogP contribution in [0.5, 0.6) is 5.75 Å². The molecule has 18 heavy (non-hydrogen) atoms. The number of phenolic OH excluding ortho intramolecular Hbond substituents is 1. The second-order valence-electron chi connectivity index (χ2n) is 3.78. The molecule has 0 aliphatic heterocycles. The number of carbonyl (C=O) groups is 1. The smallest absolute Gasteiger partial charge is 0.255 e. The van der Waals surface area contributed by atoms with Crippen molar-refractivity contribution in [2.24, 2.45) is 0 Å². The minimum atomic E-state index is -0.527. The molecule has 0 saturated carbocycles. The van der Waals surface area contributed by atoms with Gasteiger partial charge in [-0.05, 0) is 36.4 Å². The van der Waals surface area contributed by atoms with Crippen molar-refractivity contribution in [3.63, 3.8) is 0 Å². The lowest BCUT2D eigenvalue weighted by molar-refractivity contribution is 0.102. The summed E-state index contributed by atoms with van der Waals surface area (Å²) in [6.07, 6.45) is 0. The number of amides is 1. The summed E-state index contributed by atoms with van der Waals surface area (Å²) >= 11 is 0. The fraction of sp³-hybridized carbons (Fsp3) is 0. The largest absolute Gasteiger partial charge is 0.508 e. The maximum atomic E-state index is 13.1. The molecule has 0 bridgehead atoms. The highest BCUT2D eigenvalue weighted by Crippen LogP contribution is 2.17. The van der Waals surface area contributed by atoms with Crippen molar-refractivity contribution in [3.8, 4) is 5.75 Å². The van der Waals surface area contributed by atoms with Gasteiger partial charge < -0.3 is 16.2 Å². The first-order chi connectivity index (χ1) is 8.54. The van der Waals surface area contributed by atoms with Crippen LogP contribution in [0.1, 0.15) is 10.4 Å². The van der Waals surface area contributed by atoms with Gasteiger partial charge in [0.2, 0.25) is 0 Å². The molecule has 0 spiro atoms. The predicted octanol–water partition coefficient (Wildman–Crippen LogP) is 2.37. The van der Waals surface area contributed by atoms with E-state index in [2.05, 4.69) is 5.32 Å². The van der Waals surface area contributed by atoms with E-state index in [1.54, 1.807) is 6.07 Å². The van der Waals surface area contributed by atoms with Crippen molar-refractivity contribution in [2.45, 2.75) is 0 Å². The highest BCUT2D eigenvalue weighted by Gasteiger charge is 2.07. The predicted molar refractivity (Wildman–Crippen MR) is 66.9 cm³/mol. The zero-order valence-corrected chi connectivity index (χ0v) is 9.35. The average Bonchev–Trinajstić information content (AvgIpc) is 2.27. The monoisotopic (exact) mass is 246 g/mol. The lowest BCUT2D eigenvalue weighted by Crippen LogP contribution is -2.12. The molecule has 5 heteroatoms. The van der Waals surface area contributed by atoms with Gasteiger partial charge in [-0.25, -0.2) is 4.39 Å². The van der Waals surface area contributed by atoms with Crippen molar-refractivity contribution in [3.05, 3.63) is 53.8 Å². The first kappa shape index (κ1) is 11.9. The Morgan fingerprint density at radius 3 is 2.67 bits per heavy atom. The van der Waals surface area contributed by atoms with E-state index in [-0.39, 0.29) is 22.7 Å². The highest BCUT2D eigenvalue weighted by atomic mass is 19.1. The zero-order chi connectivity index (χ0) is 13.1. The van der Waals surface area contributed by atoms with Crippen LogP contribution in [-0.2, 0) is 0 Å². The van der Waals surface area contributed by atoms with Gasteiger partial charge in [0.15, 0.2) is 0 Å². The fourth-order valence-corrected chi connectivity index (χ4v) is 1.53. The summed E-state index contributed by atoms with van der Waals surface area (Å²) in [5, 5.41) is 11.8. The summed E-state index contributed by atoms with van der Waals surface area (Å²) in [4.78, 5) is 11.8. The van der Waals surface area contributed by atoms with Gasteiger partial charge in [-0.1, -0.05) is 6.07 Å². The maximum Gasteiger partial charge on any atom is 0.255 e. The van der Waals surface area contributed by atoms with Crippen LogP contribution >= 0.6 is 0 Å². The molecule has 0 aromatic heterocycles. The second kappa shape index (κ2) is 4.75. The quantitative estimate of drug-likeness (QED) is 0.712. The lowest BCUT2D eigenvalue weighted by Gasteiger charge is -2.06. The van der Waals surface area contributed by atoms with Crippen molar-refractivity contribution >= 4 is 17.3 Å². The van der Waals surface area contributed by atoms with Crippen LogP contribution in [-0.4, -0.2) is 11.0 Å². The van der Waals surface area contributed by atoms with Gasteiger partial charge in [0.25, 0.3) is 5.91 Å². The number of rotatable bonds is 2. The number of nitrogens with two attached hydrogens (primary N) is 1. The fourth-order valence-electron chi connectivity index (χ4n) is 1.53. The molecule has 92 valence electrons. The maximum absolute atomic E-state index is 13.1. The Morgan fingerprint density at radius 2 is 2.00 bits per heavy atom. The van der Waals surface area contributed by atoms with Crippen LogP contribution in [0.15, 0.2) is 42.5 Å². The van der Waals surface area contributed by atoms with Gasteiger partial charge in [-0.2, -0.15) is 0 Å². The van der Waals surface area contributed by atoms with E-state index in [4.69, 9.17) is 5.73 Å². The number of nitrogens with one attached hydrogen (secondary N) is 1. The molecule has 4 N–H and O–H groups in total. The normalized spacial score (nSPS) is 10.1.